The van der Waals surface area contributed by atoms with E-state index in [0.717, 1.165) is 16.6 Å². The predicted molar refractivity (Wildman–Crippen MR) is 115 cm³/mol. The number of nitro groups is 2. The first-order valence-electron chi connectivity index (χ1n) is 9.24. The Morgan fingerprint density at radius 1 is 0.969 bits per heavy atom. The van der Waals surface area contributed by atoms with Crippen LogP contribution in [0.1, 0.15) is 41.0 Å². The number of nitrogens with one attached hydrogen (secondary N) is 1. The van der Waals surface area contributed by atoms with Crippen LogP contribution in [0.4, 0.5) is 11.4 Å². The predicted octanol–water partition coefficient (Wildman–Crippen LogP) is 3.79. The number of rotatable bonds is 8. The summed E-state index contributed by atoms with van der Waals surface area (Å²) >= 11 is 3.22. The highest BCUT2D eigenvalue weighted by Crippen LogP contribution is 2.23. The van der Waals surface area contributed by atoms with Crippen molar-refractivity contribution in [1.82, 2.24) is 5.32 Å². The van der Waals surface area contributed by atoms with Gasteiger partial charge in [-0.15, -0.1) is 0 Å². The lowest BCUT2D eigenvalue weighted by Crippen LogP contribution is -2.43. The van der Waals surface area contributed by atoms with Crippen LogP contribution in [0.15, 0.2) is 46.9 Å². The molecule has 0 saturated heterocycles. The second-order valence-electron chi connectivity index (χ2n) is 7.12. The number of ether oxygens (including phenoxy) is 1. The van der Waals surface area contributed by atoms with Crippen molar-refractivity contribution in [2.75, 3.05) is 0 Å². The Balaban J connectivity index is 2.24. The zero-order valence-electron chi connectivity index (χ0n) is 16.9. The summed E-state index contributed by atoms with van der Waals surface area (Å²) in [7, 11) is 0. The fourth-order valence-electron chi connectivity index (χ4n) is 2.67. The minimum absolute atomic E-state index is 0.0925. The van der Waals surface area contributed by atoms with Crippen LogP contribution in [-0.2, 0) is 9.53 Å². The second kappa shape index (κ2) is 10.6. The Kier molecular flexibility index (Phi) is 8.13. The van der Waals surface area contributed by atoms with E-state index in [1.807, 2.05) is 0 Å². The molecule has 0 bridgehead atoms. The summed E-state index contributed by atoms with van der Waals surface area (Å²) in [5.74, 6) is -3.01. The summed E-state index contributed by atoms with van der Waals surface area (Å²) in [6.07, 6.45) is 0.0925. The van der Waals surface area contributed by atoms with Crippen LogP contribution in [-0.4, -0.2) is 33.7 Å². The number of non-ortho nitro benzene ring substituents is 2. The first-order chi connectivity index (χ1) is 15.0. The van der Waals surface area contributed by atoms with E-state index in [9.17, 15) is 34.6 Å². The van der Waals surface area contributed by atoms with Crippen LogP contribution in [0.25, 0.3) is 0 Å². The van der Waals surface area contributed by atoms with Gasteiger partial charge in [-0.1, -0.05) is 29.8 Å². The van der Waals surface area contributed by atoms with Crippen LogP contribution < -0.4 is 5.32 Å². The monoisotopic (exact) mass is 507 g/mol. The third kappa shape index (κ3) is 6.67. The molecule has 0 radical (unpaired) electrons. The molecule has 2 rings (SSSR count). The molecule has 0 heterocycles. The summed E-state index contributed by atoms with van der Waals surface area (Å²) in [6.45, 7) is 3.53. The number of amides is 1. The number of benzene rings is 2. The summed E-state index contributed by atoms with van der Waals surface area (Å²) < 4.78 is 5.59. The molecular weight excluding hydrogens is 490 g/mol. The van der Waals surface area contributed by atoms with E-state index in [-0.39, 0.29) is 23.5 Å². The molecule has 0 aliphatic rings. The highest BCUT2D eigenvalue weighted by Gasteiger charge is 2.28. The average Bonchev–Trinajstić information content (AvgIpc) is 2.72. The van der Waals surface area contributed by atoms with Crippen molar-refractivity contribution in [2.45, 2.75) is 26.3 Å². The van der Waals surface area contributed by atoms with E-state index < -0.39 is 45.1 Å². The van der Waals surface area contributed by atoms with Crippen LogP contribution in [0.2, 0.25) is 0 Å². The van der Waals surface area contributed by atoms with Gasteiger partial charge in [-0.2, -0.15) is 0 Å². The lowest BCUT2D eigenvalue weighted by Gasteiger charge is -2.19. The second-order valence-corrected chi connectivity index (χ2v) is 8.04. The number of nitrogens with zero attached hydrogens (tertiary/aromatic N) is 2. The quantitative estimate of drug-likeness (QED) is 0.244. The van der Waals surface area contributed by atoms with E-state index in [1.165, 1.54) is 12.1 Å². The summed E-state index contributed by atoms with van der Waals surface area (Å²) in [5.41, 5.74) is -1.58. The molecule has 0 spiro atoms. The third-order valence-corrected chi connectivity index (χ3v) is 4.69. The smallest absolute Gasteiger partial charge is 0.345 e. The third-order valence-electron chi connectivity index (χ3n) is 4.16. The maximum absolute atomic E-state index is 12.6. The van der Waals surface area contributed by atoms with Crippen LogP contribution in [0.5, 0.6) is 0 Å². The number of halogens is 1. The number of carbonyl (C=O) groups is 3. The minimum Gasteiger partial charge on any atom is -0.388 e. The van der Waals surface area contributed by atoms with Crippen molar-refractivity contribution in [3.63, 3.8) is 0 Å². The molecule has 1 N–H and O–H groups in total. The van der Waals surface area contributed by atoms with Gasteiger partial charge in [-0.05, 0) is 36.6 Å². The van der Waals surface area contributed by atoms with Crippen molar-refractivity contribution < 1.29 is 29.0 Å². The van der Waals surface area contributed by atoms with Gasteiger partial charge < -0.3 is 10.1 Å². The van der Waals surface area contributed by atoms with Crippen LogP contribution in [0, 0.1) is 26.1 Å². The Labute approximate surface area is 190 Å². The molecule has 168 valence electrons. The van der Waals surface area contributed by atoms with Gasteiger partial charge in [0.15, 0.2) is 0 Å². The standard InChI is InChI=1S/C20H18BrN3O8/c1-11(2)7-17(20(27)32-19(26)12-3-5-14(21)6-4-12)22-18(25)13-8-15(23(28)29)10-16(9-13)24(30)31/h3-6,8-11,17H,7H2,1-2H3,(H,22,25). The molecule has 1 amide bonds. The number of esters is 2. The topological polar surface area (TPSA) is 159 Å². The molecule has 0 aromatic heterocycles. The number of nitro benzene ring substituents is 2. The fourth-order valence-corrected chi connectivity index (χ4v) is 2.94. The first-order valence-corrected chi connectivity index (χ1v) is 10.0. The molecule has 0 fully saturated rings. The summed E-state index contributed by atoms with van der Waals surface area (Å²) in [6, 6.07) is 7.22. The molecule has 1 unspecified atom stereocenters. The van der Waals surface area contributed by atoms with Gasteiger partial charge in [-0.3, -0.25) is 25.0 Å². The zero-order valence-corrected chi connectivity index (χ0v) is 18.5. The van der Waals surface area contributed by atoms with E-state index in [1.54, 1.807) is 26.0 Å². The molecule has 2 aromatic rings. The average molecular weight is 508 g/mol. The van der Waals surface area contributed by atoms with Gasteiger partial charge in [0.1, 0.15) is 6.04 Å². The van der Waals surface area contributed by atoms with Crippen LogP contribution in [0.3, 0.4) is 0 Å². The Hall–Kier alpha value is -3.67. The van der Waals surface area contributed by atoms with Gasteiger partial charge in [0.25, 0.3) is 17.3 Å². The molecule has 0 aliphatic carbocycles. The van der Waals surface area contributed by atoms with Crippen LogP contribution >= 0.6 is 15.9 Å². The Morgan fingerprint density at radius 2 is 1.50 bits per heavy atom. The normalized spacial score (nSPS) is 11.5. The molecule has 11 nitrogen and oxygen atoms in total. The molecule has 32 heavy (non-hydrogen) atoms. The van der Waals surface area contributed by atoms with Gasteiger partial charge >= 0.3 is 11.9 Å². The highest BCUT2D eigenvalue weighted by molar-refractivity contribution is 9.10. The van der Waals surface area contributed by atoms with Gasteiger partial charge in [0, 0.05) is 16.6 Å². The molecule has 0 aliphatic heterocycles. The molecular formula is C20H18BrN3O8. The van der Waals surface area contributed by atoms with Gasteiger partial charge in [0.05, 0.1) is 27.0 Å². The van der Waals surface area contributed by atoms with Crippen molar-refractivity contribution in [3.8, 4) is 0 Å². The maximum Gasteiger partial charge on any atom is 0.345 e. The maximum atomic E-state index is 12.6. The summed E-state index contributed by atoms with van der Waals surface area (Å²) in [5, 5.41) is 24.4. The lowest BCUT2D eigenvalue weighted by atomic mass is 10.0. The highest BCUT2D eigenvalue weighted by atomic mass is 79.9. The van der Waals surface area contributed by atoms with E-state index in [0.29, 0.717) is 6.07 Å². The van der Waals surface area contributed by atoms with Crippen molar-refractivity contribution >= 4 is 45.2 Å². The van der Waals surface area contributed by atoms with Gasteiger partial charge in [-0.25, -0.2) is 9.59 Å². The van der Waals surface area contributed by atoms with Gasteiger partial charge in [0.2, 0.25) is 0 Å². The minimum atomic E-state index is -1.26. The Morgan fingerprint density at radius 3 is 1.97 bits per heavy atom. The largest absolute Gasteiger partial charge is 0.388 e. The SMILES string of the molecule is CC(C)CC(NC(=O)c1cc([N+](=O)[O-])cc([N+](=O)[O-])c1)C(=O)OC(=O)c1ccc(Br)cc1. The summed E-state index contributed by atoms with van der Waals surface area (Å²) in [4.78, 5) is 57.8. The number of carbonyl (C=O) groups excluding carboxylic acids is 3. The lowest BCUT2D eigenvalue weighted by molar-refractivity contribution is -0.394. The zero-order chi connectivity index (χ0) is 24.0. The van der Waals surface area contributed by atoms with E-state index >= 15 is 0 Å². The first kappa shape index (κ1) is 24.6. The van der Waals surface area contributed by atoms with E-state index in [2.05, 4.69) is 21.2 Å². The Bertz CT molecular complexity index is 1040. The molecule has 2 aromatic carbocycles. The number of hydrogen-bond acceptors (Lipinski definition) is 8. The van der Waals surface area contributed by atoms with Crippen molar-refractivity contribution in [2.24, 2.45) is 5.92 Å². The number of hydrogen-bond donors (Lipinski definition) is 1. The van der Waals surface area contributed by atoms with Crippen molar-refractivity contribution in [1.29, 1.82) is 0 Å². The molecule has 12 heteroatoms. The fraction of sp³-hybridized carbons (Fsp3) is 0.250. The molecule has 1 atom stereocenters. The molecule has 0 saturated carbocycles. The van der Waals surface area contributed by atoms with Crippen molar-refractivity contribution in [3.05, 3.63) is 78.3 Å². The van der Waals surface area contributed by atoms with E-state index in [4.69, 9.17) is 4.74 Å².